The fourth-order valence-electron chi connectivity index (χ4n) is 3.95. The Kier molecular flexibility index (Phi) is 7.03. The molecule has 4 aromatic rings. The van der Waals surface area contributed by atoms with Crippen LogP contribution in [0.3, 0.4) is 0 Å². The molecule has 1 unspecified atom stereocenters. The van der Waals surface area contributed by atoms with Crippen molar-refractivity contribution in [2.45, 2.75) is 29.6 Å². The zero-order chi connectivity index (χ0) is 24.9. The highest BCUT2D eigenvalue weighted by molar-refractivity contribution is 7.92. The molecule has 0 saturated heterocycles. The van der Waals surface area contributed by atoms with E-state index < -0.39 is 20.7 Å². The number of para-hydroxylation sites is 1. The summed E-state index contributed by atoms with van der Waals surface area (Å²) in [5.41, 5.74) is 2.46. The lowest BCUT2D eigenvalue weighted by molar-refractivity contribution is 0.0696. The van der Waals surface area contributed by atoms with Crippen LogP contribution >= 0.6 is 0 Å². The Morgan fingerprint density at radius 1 is 0.771 bits per heavy atom. The molecule has 0 amide bonds. The number of aromatic carboxylic acids is 1. The first-order valence-corrected chi connectivity index (χ1v) is 12.7. The third-order valence-electron chi connectivity index (χ3n) is 6.03. The van der Waals surface area contributed by atoms with Gasteiger partial charge in [0.25, 0.3) is 0 Å². The Morgan fingerprint density at radius 3 is 1.97 bits per heavy atom. The van der Waals surface area contributed by atoms with Gasteiger partial charge in [-0.25, -0.2) is 13.2 Å². The first kappa shape index (κ1) is 24.2. The summed E-state index contributed by atoms with van der Waals surface area (Å²) in [5.74, 6) is -0.621. The van der Waals surface area contributed by atoms with E-state index in [4.69, 9.17) is 4.74 Å². The van der Waals surface area contributed by atoms with Gasteiger partial charge < -0.3 is 9.84 Å². The number of carboxylic acids is 1. The lowest BCUT2D eigenvalue weighted by atomic mass is 10.0. The van der Waals surface area contributed by atoms with Crippen LogP contribution < -0.4 is 4.74 Å². The maximum atomic E-state index is 13.9. The molecule has 0 saturated carbocycles. The molecule has 0 aliphatic heterocycles. The topological polar surface area (TPSA) is 80.7 Å². The summed E-state index contributed by atoms with van der Waals surface area (Å²) in [4.78, 5) is 9.68. The second-order valence-electron chi connectivity index (χ2n) is 8.34. The molecule has 5 nitrogen and oxygen atoms in total. The summed E-state index contributed by atoms with van der Waals surface area (Å²) in [6.07, 6.45) is 1.44. The van der Waals surface area contributed by atoms with E-state index in [-0.39, 0.29) is 10.5 Å². The average Bonchev–Trinajstić information content (AvgIpc) is 2.89. The lowest BCUT2D eigenvalue weighted by Gasteiger charge is -2.32. The molecule has 4 aromatic carbocycles. The third-order valence-corrected chi connectivity index (χ3v) is 8.26. The zero-order valence-electron chi connectivity index (χ0n) is 19.3. The molecule has 0 bridgehead atoms. The van der Waals surface area contributed by atoms with Gasteiger partial charge in [0, 0.05) is 5.56 Å². The largest absolute Gasteiger partial charge is 0.478 e. The molecule has 178 valence electrons. The number of rotatable bonds is 9. The minimum absolute atomic E-state index is 0.0662. The number of ether oxygens (including phenoxy) is 1. The van der Waals surface area contributed by atoms with E-state index in [2.05, 4.69) is 12.1 Å². The Balaban J connectivity index is 1.76. The third kappa shape index (κ3) is 5.12. The monoisotopic (exact) mass is 486 g/mol. The van der Waals surface area contributed by atoms with Gasteiger partial charge >= 0.3 is 5.97 Å². The smallest absolute Gasteiger partial charge is 0.335 e. The van der Waals surface area contributed by atoms with Gasteiger partial charge in [-0.1, -0.05) is 78.9 Å². The fraction of sp³-hybridized carbons (Fsp3) is 0.138. The molecule has 6 heteroatoms. The standard InChI is InChI=1S/C29H26O5S/c1-29(25-20-18-24(19-21-25)28(30)31,35(32,33)26-13-6-3-7-14-26)34-27-15-9-8-12-23(27)17-16-22-10-4-2-5-11-22/h2-15,18-21H,16-17H2,1H3,(H,30,31). The molecular formula is C29H26O5S. The van der Waals surface area contributed by atoms with Crippen molar-refractivity contribution in [3.63, 3.8) is 0 Å². The van der Waals surface area contributed by atoms with E-state index in [1.807, 2.05) is 36.4 Å². The summed E-state index contributed by atoms with van der Waals surface area (Å²) in [6.45, 7) is 1.51. The molecule has 1 atom stereocenters. The highest BCUT2D eigenvalue weighted by atomic mass is 32.2. The number of carbonyl (C=O) groups is 1. The molecule has 0 radical (unpaired) electrons. The summed E-state index contributed by atoms with van der Waals surface area (Å²) in [6, 6.07) is 31.4. The van der Waals surface area contributed by atoms with Gasteiger partial charge in [0.05, 0.1) is 10.5 Å². The van der Waals surface area contributed by atoms with Crippen LogP contribution in [0.15, 0.2) is 114 Å². The van der Waals surface area contributed by atoms with Gasteiger partial charge in [-0.2, -0.15) is 0 Å². The Bertz CT molecular complexity index is 1400. The quantitative estimate of drug-likeness (QED) is 0.319. The van der Waals surface area contributed by atoms with E-state index >= 15 is 0 Å². The maximum Gasteiger partial charge on any atom is 0.335 e. The first-order valence-electron chi connectivity index (χ1n) is 11.3. The Labute approximate surface area is 205 Å². The first-order chi connectivity index (χ1) is 16.8. The number of benzene rings is 4. The van der Waals surface area contributed by atoms with Crippen molar-refractivity contribution in [3.05, 3.63) is 131 Å². The van der Waals surface area contributed by atoms with Crippen LogP contribution in [-0.2, 0) is 27.6 Å². The minimum atomic E-state index is -4.04. The number of aryl methyl sites for hydroxylation is 2. The highest BCUT2D eigenvalue weighted by Crippen LogP contribution is 2.39. The molecule has 4 rings (SSSR count). The molecular weight excluding hydrogens is 460 g/mol. The second-order valence-corrected chi connectivity index (χ2v) is 10.6. The summed E-state index contributed by atoms with van der Waals surface area (Å²) < 4.78 is 34.2. The lowest BCUT2D eigenvalue weighted by Crippen LogP contribution is -2.39. The molecule has 0 aliphatic carbocycles. The average molecular weight is 487 g/mol. The normalized spacial score (nSPS) is 13.1. The zero-order valence-corrected chi connectivity index (χ0v) is 20.1. The van der Waals surface area contributed by atoms with Crippen LogP contribution in [0.4, 0.5) is 0 Å². The van der Waals surface area contributed by atoms with Gasteiger partial charge in [-0.05, 0) is 61.2 Å². The molecule has 0 heterocycles. The predicted molar refractivity (Wildman–Crippen MR) is 135 cm³/mol. The molecule has 0 aromatic heterocycles. The maximum absolute atomic E-state index is 13.9. The summed E-state index contributed by atoms with van der Waals surface area (Å²) in [7, 11) is -4.04. The van der Waals surface area contributed by atoms with Crippen LogP contribution in [-0.4, -0.2) is 19.5 Å². The van der Waals surface area contributed by atoms with Crippen molar-refractivity contribution in [1.82, 2.24) is 0 Å². The van der Waals surface area contributed by atoms with Crippen molar-refractivity contribution in [2.75, 3.05) is 0 Å². The molecule has 0 spiro atoms. The molecule has 1 N–H and O–H groups in total. The van der Waals surface area contributed by atoms with E-state index in [1.165, 1.54) is 48.9 Å². The van der Waals surface area contributed by atoms with E-state index in [9.17, 15) is 18.3 Å². The number of sulfone groups is 1. The number of hydrogen-bond donors (Lipinski definition) is 1. The van der Waals surface area contributed by atoms with Crippen LogP contribution in [0.1, 0.15) is 34.0 Å². The van der Waals surface area contributed by atoms with Crippen molar-refractivity contribution in [3.8, 4) is 5.75 Å². The van der Waals surface area contributed by atoms with E-state index in [0.717, 1.165) is 12.0 Å². The van der Waals surface area contributed by atoms with Crippen LogP contribution in [0, 0.1) is 0 Å². The molecule has 0 aliphatic rings. The predicted octanol–water partition coefficient (Wildman–Crippen LogP) is 5.90. The Hall–Kier alpha value is -3.90. The van der Waals surface area contributed by atoms with Gasteiger partial charge in [0.1, 0.15) is 5.75 Å². The molecule has 35 heavy (non-hydrogen) atoms. The van der Waals surface area contributed by atoms with Crippen LogP contribution in [0.25, 0.3) is 0 Å². The van der Waals surface area contributed by atoms with Crippen LogP contribution in [0.2, 0.25) is 0 Å². The van der Waals surface area contributed by atoms with Crippen molar-refractivity contribution < 1.29 is 23.1 Å². The SMILES string of the molecule is CC(Oc1ccccc1CCc1ccccc1)(c1ccc(C(=O)O)cc1)S(=O)(=O)c1ccccc1. The van der Waals surface area contributed by atoms with Gasteiger partial charge in [0.2, 0.25) is 14.8 Å². The number of carboxylic acid groups (broad SMARTS) is 1. The van der Waals surface area contributed by atoms with Crippen molar-refractivity contribution in [1.29, 1.82) is 0 Å². The summed E-state index contributed by atoms with van der Waals surface area (Å²) in [5, 5.41) is 9.29. The van der Waals surface area contributed by atoms with Gasteiger partial charge in [-0.15, -0.1) is 0 Å². The second kappa shape index (κ2) is 10.2. The van der Waals surface area contributed by atoms with Crippen molar-refractivity contribution >= 4 is 15.8 Å². The number of hydrogen-bond acceptors (Lipinski definition) is 4. The van der Waals surface area contributed by atoms with Crippen molar-refractivity contribution in [2.24, 2.45) is 0 Å². The van der Waals surface area contributed by atoms with Gasteiger partial charge in [-0.3, -0.25) is 0 Å². The van der Waals surface area contributed by atoms with E-state index in [0.29, 0.717) is 17.7 Å². The summed E-state index contributed by atoms with van der Waals surface area (Å²) >= 11 is 0. The fourth-order valence-corrected chi connectivity index (χ4v) is 5.56. The van der Waals surface area contributed by atoms with Gasteiger partial charge in [0.15, 0.2) is 0 Å². The Morgan fingerprint density at radius 2 is 1.34 bits per heavy atom. The van der Waals surface area contributed by atoms with E-state index in [1.54, 1.807) is 24.3 Å². The minimum Gasteiger partial charge on any atom is -0.478 e. The molecule has 0 fully saturated rings. The highest BCUT2D eigenvalue weighted by Gasteiger charge is 2.45. The van der Waals surface area contributed by atoms with Crippen LogP contribution in [0.5, 0.6) is 5.75 Å².